The van der Waals surface area contributed by atoms with Crippen molar-refractivity contribution in [2.24, 2.45) is 0 Å². The quantitative estimate of drug-likeness (QED) is 0.608. The fourth-order valence-corrected chi connectivity index (χ4v) is 3.89. The number of aliphatic hydroxyl groups excluding tert-OH is 2. The zero-order chi connectivity index (χ0) is 18.8. The first-order valence-electron chi connectivity index (χ1n) is 8.67. The SMILES string of the molecule is C=P(C)(C)CCC1O[C@@H](n2cc(CCCC)c(=O)[nH]c2=O)[C@H](O)[C@@H]1O. The third-order valence-electron chi connectivity index (χ3n) is 4.47. The van der Waals surface area contributed by atoms with Gasteiger partial charge in [-0.3, -0.25) is 14.3 Å². The topological polar surface area (TPSA) is 105 Å². The molecule has 1 saturated heterocycles. The molecule has 0 saturated carbocycles. The largest absolute Gasteiger partial charge is 0.388 e. The Morgan fingerprint density at radius 2 is 2.00 bits per heavy atom. The van der Waals surface area contributed by atoms with Gasteiger partial charge in [0.05, 0.1) is 6.10 Å². The lowest BCUT2D eigenvalue weighted by Gasteiger charge is -2.19. The van der Waals surface area contributed by atoms with E-state index in [1.165, 1.54) is 10.8 Å². The Hall–Kier alpha value is -1.14. The highest BCUT2D eigenvalue weighted by atomic mass is 31.2. The van der Waals surface area contributed by atoms with Crippen molar-refractivity contribution >= 4 is 13.2 Å². The van der Waals surface area contributed by atoms with Crippen molar-refractivity contribution in [2.75, 3.05) is 19.5 Å². The second-order valence-electron chi connectivity index (χ2n) is 7.42. The van der Waals surface area contributed by atoms with Crippen LogP contribution in [0, 0.1) is 0 Å². The van der Waals surface area contributed by atoms with Crippen molar-refractivity contribution in [2.45, 2.75) is 57.1 Å². The number of unbranched alkanes of at least 4 members (excludes halogenated alkanes) is 1. The summed E-state index contributed by atoms with van der Waals surface area (Å²) in [6, 6.07) is 0. The molecule has 1 unspecified atom stereocenters. The van der Waals surface area contributed by atoms with Crippen LogP contribution in [0.15, 0.2) is 15.8 Å². The average Bonchev–Trinajstić information content (AvgIpc) is 2.80. The molecule has 142 valence electrons. The first-order valence-corrected chi connectivity index (χ1v) is 11.7. The van der Waals surface area contributed by atoms with Crippen LogP contribution >= 0.6 is 6.89 Å². The number of aromatic nitrogens is 2. The lowest BCUT2D eigenvalue weighted by atomic mass is 10.1. The zero-order valence-electron chi connectivity index (χ0n) is 15.1. The third-order valence-corrected chi connectivity index (χ3v) is 5.94. The molecule has 25 heavy (non-hydrogen) atoms. The van der Waals surface area contributed by atoms with Crippen LogP contribution in [-0.4, -0.2) is 63.9 Å². The molecule has 0 radical (unpaired) electrons. The Balaban J connectivity index is 2.24. The summed E-state index contributed by atoms with van der Waals surface area (Å²) in [5.74, 6) is 0. The molecule has 2 rings (SSSR count). The maximum absolute atomic E-state index is 12.2. The molecular formula is C17H29N2O5P. The number of aliphatic hydroxyl groups is 2. The van der Waals surface area contributed by atoms with E-state index in [0.717, 1.165) is 19.0 Å². The number of hydrogen-bond acceptors (Lipinski definition) is 5. The Labute approximate surface area is 147 Å². The van der Waals surface area contributed by atoms with Gasteiger partial charge in [-0.15, -0.1) is 13.2 Å². The smallest absolute Gasteiger partial charge is 0.330 e. The van der Waals surface area contributed by atoms with Crippen molar-refractivity contribution < 1.29 is 14.9 Å². The highest BCUT2D eigenvalue weighted by Gasteiger charge is 2.43. The number of nitrogens with zero attached hydrogens (tertiary/aromatic N) is 1. The lowest BCUT2D eigenvalue weighted by molar-refractivity contribution is -0.0404. The molecule has 1 aliphatic heterocycles. The van der Waals surface area contributed by atoms with Crippen LogP contribution in [-0.2, 0) is 11.2 Å². The fourth-order valence-electron chi connectivity index (χ4n) is 2.94. The van der Waals surface area contributed by atoms with Gasteiger partial charge in [0, 0.05) is 11.8 Å². The van der Waals surface area contributed by atoms with E-state index in [1.54, 1.807) is 0 Å². The molecule has 0 amide bonds. The van der Waals surface area contributed by atoms with Gasteiger partial charge < -0.3 is 14.9 Å². The maximum Gasteiger partial charge on any atom is 0.330 e. The van der Waals surface area contributed by atoms with Crippen LogP contribution in [0.2, 0.25) is 0 Å². The summed E-state index contributed by atoms with van der Waals surface area (Å²) in [6.07, 6.45) is 5.39. The molecule has 2 heterocycles. The van der Waals surface area contributed by atoms with E-state index in [4.69, 9.17) is 4.74 Å². The molecule has 1 aliphatic rings. The third kappa shape index (κ3) is 4.94. The molecule has 7 nitrogen and oxygen atoms in total. The van der Waals surface area contributed by atoms with Crippen LogP contribution in [0.5, 0.6) is 0 Å². The number of aryl methyl sites for hydroxylation is 1. The summed E-state index contributed by atoms with van der Waals surface area (Å²) in [7, 11) is 0. The molecule has 0 spiro atoms. The number of aromatic amines is 1. The summed E-state index contributed by atoms with van der Waals surface area (Å²) < 4.78 is 6.96. The van der Waals surface area contributed by atoms with Gasteiger partial charge in [-0.1, -0.05) is 13.3 Å². The van der Waals surface area contributed by atoms with Crippen molar-refractivity contribution in [3.05, 3.63) is 32.6 Å². The lowest BCUT2D eigenvalue weighted by Crippen LogP contribution is -2.38. The first kappa shape index (κ1) is 20.2. The number of H-pyrrole nitrogens is 1. The molecule has 0 bridgehead atoms. The number of hydrogen-bond donors (Lipinski definition) is 3. The molecule has 4 atom stereocenters. The predicted molar refractivity (Wildman–Crippen MR) is 101 cm³/mol. The highest BCUT2D eigenvalue weighted by Crippen LogP contribution is 2.39. The van der Waals surface area contributed by atoms with Crippen molar-refractivity contribution in [1.82, 2.24) is 9.55 Å². The fraction of sp³-hybridized carbons (Fsp3) is 0.706. The summed E-state index contributed by atoms with van der Waals surface area (Å²) in [4.78, 5) is 26.3. The molecule has 1 aromatic heterocycles. The molecular weight excluding hydrogens is 343 g/mol. The van der Waals surface area contributed by atoms with Crippen LogP contribution < -0.4 is 11.2 Å². The summed E-state index contributed by atoms with van der Waals surface area (Å²) in [6.45, 7) is 4.92. The number of nitrogens with one attached hydrogen (secondary N) is 1. The standard InChI is InChI=1S/C17H29N2O5P/c1-5-6-7-11-10-19(17(23)18-15(11)22)16-14(21)13(20)12(24-16)8-9-25(2,3)4/h10,12-14,16,20-21H,2,5-9H2,1,3-4H3,(H,18,22,23)/t12?,13-,14-,16-/m1/s1. The monoisotopic (exact) mass is 372 g/mol. The average molecular weight is 372 g/mol. The van der Waals surface area contributed by atoms with Gasteiger partial charge in [0.15, 0.2) is 6.23 Å². The second-order valence-corrected chi connectivity index (χ2v) is 11.7. The van der Waals surface area contributed by atoms with Crippen LogP contribution in [0.4, 0.5) is 0 Å². The predicted octanol–water partition coefficient (Wildman–Crippen LogP) is 0.598. The minimum Gasteiger partial charge on any atom is -0.388 e. The van der Waals surface area contributed by atoms with Crippen molar-refractivity contribution in [3.63, 3.8) is 0 Å². The summed E-state index contributed by atoms with van der Waals surface area (Å²) in [5, 5.41) is 20.6. The van der Waals surface area contributed by atoms with E-state index in [0.29, 0.717) is 18.4 Å². The second kappa shape index (κ2) is 8.04. The van der Waals surface area contributed by atoms with Gasteiger partial charge in [-0.05, 0) is 38.8 Å². The Kier molecular flexibility index (Phi) is 6.49. The van der Waals surface area contributed by atoms with Gasteiger partial charge >= 0.3 is 5.69 Å². The summed E-state index contributed by atoms with van der Waals surface area (Å²) >= 11 is 0. The van der Waals surface area contributed by atoms with E-state index < -0.39 is 42.7 Å². The molecule has 0 aromatic carbocycles. The van der Waals surface area contributed by atoms with Crippen molar-refractivity contribution in [3.8, 4) is 0 Å². The van der Waals surface area contributed by atoms with E-state index in [9.17, 15) is 19.8 Å². The van der Waals surface area contributed by atoms with Gasteiger partial charge in [0.1, 0.15) is 12.2 Å². The van der Waals surface area contributed by atoms with Crippen LogP contribution in [0.25, 0.3) is 0 Å². The molecule has 8 heteroatoms. The van der Waals surface area contributed by atoms with Crippen LogP contribution in [0.3, 0.4) is 0 Å². The van der Waals surface area contributed by atoms with Crippen LogP contribution in [0.1, 0.15) is 38.0 Å². The Morgan fingerprint density at radius 3 is 2.60 bits per heavy atom. The van der Waals surface area contributed by atoms with E-state index >= 15 is 0 Å². The van der Waals surface area contributed by atoms with Gasteiger partial charge in [0.25, 0.3) is 5.56 Å². The van der Waals surface area contributed by atoms with Gasteiger partial charge in [-0.2, -0.15) is 0 Å². The Bertz CT molecular complexity index is 750. The maximum atomic E-state index is 12.2. The minimum atomic E-state index is -1.28. The molecule has 1 aromatic rings. The van der Waals surface area contributed by atoms with Gasteiger partial charge in [0.2, 0.25) is 0 Å². The highest BCUT2D eigenvalue weighted by molar-refractivity contribution is 7.72. The number of ether oxygens (including phenoxy) is 1. The molecule has 1 fully saturated rings. The normalized spacial score (nSPS) is 26.9. The number of rotatable bonds is 7. The molecule has 3 N–H and O–H groups in total. The van der Waals surface area contributed by atoms with E-state index in [2.05, 4.69) is 24.6 Å². The zero-order valence-corrected chi connectivity index (χ0v) is 16.0. The van der Waals surface area contributed by atoms with Gasteiger partial charge in [-0.25, -0.2) is 4.79 Å². The minimum absolute atomic E-state index is 0.414. The first-order chi connectivity index (χ1) is 11.6. The summed E-state index contributed by atoms with van der Waals surface area (Å²) in [5.41, 5.74) is -0.588. The van der Waals surface area contributed by atoms with E-state index in [1.807, 2.05) is 6.92 Å². The van der Waals surface area contributed by atoms with Crippen molar-refractivity contribution in [1.29, 1.82) is 0 Å². The van der Waals surface area contributed by atoms with E-state index in [-0.39, 0.29) is 0 Å². The molecule has 0 aliphatic carbocycles. The Morgan fingerprint density at radius 1 is 1.32 bits per heavy atom.